The summed E-state index contributed by atoms with van der Waals surface area (Å²) in [5.74, 6) is 5.18. The molecule has 17 heavy (non-hydrogen) atoms. The summed E-state index contributed by atoms with van der Waals surface area (Å²) in [5, 5.41) is 0.401. The van der Waals surface area contributed by atoms with Gasteiger partial charge in [0.25, 0.3) is 0 Å². The van der Waals surface area contributed by atoms with Crippen LogP contribution in [0.3, 0.4) is 0 Å². The van der Waals surface area contributed by atoms with Crippen LogP contribution in [0.1, 0.15) is 45.2 Å². The highest BCUT2D eigenvalue weighted by Crippen LogP contribution is 2.29. The minimum atomic E-state index is -0.311. The van der Waals surface area contributed by atoms with Crippen molar-refractivity contribution in [2.45, 2.75) is 39.7 Å². The van der Waals surface area contributed by atoms with Gasteiger partial charge in [-0.05, 0) is 30.4 Å². The first-order chi connectivity index (χ1) is 7.83. The molecule has 0 bridgehead atoms. The van der Waals surface area contributed by atoms with E-state index < -0.39 is 0 Å². The highest BCUT2D eigenvalue weighted by molar-refractivity contribution is 6.30. The van der Waals surface area contributed by atoms with Crippen LogP contribution in [0.15, 0.2) is 18.2 Å². The van der Waals surface area contributed by atoms with Crippen molar-refractivity contribution in [1.82, 2.24) is 5.43 Å². The molecule has 1 rings (SSSR count). The van der Waals surface area contributed by atoms with Gasteiger partial charge in [-0.2, -0.15) is 0 Å². The molecule has 0 aliphatic heterocycles. The molecule has 0 amide bonds. The lowest BCUT2D eigenvalue weighted by Gasteiger charge is -2.23. The largest absolute Gasteiger partial charge is 0.271 e. The topological polar surface area (TPSA) is 38.0 Å². The molecule has 0 heterocycles. The number of halogens is 2. The maximum absolute atomic E-state index is 13.7. The molecule has 0 saturated heterocycles. The monoisotopic (exact) mass is 258 g/mol. The predicted octanol–water partition coefficient (Wildman–Crippen LogP) is 3.81. The third kappa shape index (κ3) is 4.62. The van der Waals surface area contributed by atoms with Gasteiger partial charge < -0.3 is 0 Å². The minimum absolute atomic E-state index is 0.175. The number of nitrogens with two attached hydrogens (primary N) is 1. The van der Waals surface area contributed by atoms with Crippen molar-refractivity contribution >= 4 is 11.6 Å². The molecule has 0 aliphatic rings. The van der Waals surface area contributed by atoms with E-state index in [0.717, 1.165) is 12.8 Å². The summed E-state index contributed by atoms with van der Waals surface area (Å²) in [4.78, 5) is 0. The molecule has 1 aromatic rings. The van der Waals surface area contributed by atoms with Crippen molar-refractivity contribution in [2.24, 2.45) is 11.3 Å². The van der Waals surface area contributed by atoms with Gasteiger partial charge in [-0.3, -0.25) is 11.3 Å². The number of rotatable bonds is 4. The second-order valence-corrected chi connectivity index (χ2v) is 5.92. The van der Waals surface area contributed by atoms with E-state index in [1.807, 2.05) is 0 Å². The smallest absolute Gasteiger partial charge is 0.129 e. The van der Waals surface area contributed by atoms with E-state index >= 15 is 0 Å². The number of hydrogen-bond acceptors (Lipinski definition) is 2. The fraction of sp³-hybridized carbons (Fsp3) is 0.538. The Morgan fingerprint density at radius 1 is 1.41 bits per heavy atom. The number of hydrazine groups is 1. The fourth-order valence-corrected chi connectivity index (χ4v) is 1.85. The van der Waals surface area contributed by atoms with Gasteiger partial charge in [-0.1, -0.05) is 38.4 Å². The van der Waals surface area contributed by atoms with Crippen molar-refractivity contribution in [3.63, 3.8) is 0 Å². The zero-order valence-electron chi connectivity index (χ0n) is 10.6. The molecule has 1 unspecified atom stereocenters. The molecule has 0 aromatic heterocycles. The maximum atomic E-state index is 13.7. The molecule has 0 fully saturated rings. The molecular weight excluding hydrogens is 239 g/mol. The van der Waals surface area contributed by atoms with Crippen LogP contribution in [0.5, 0.6) is 0 Å². The Hall–Kier alpha value is -0.640. The Labute approximate surface area is 107 Å². The summed E-state index contributed by atoms with van der Waals surface area (Å²) in [6.45, 7) is 6.45. The summed E-state index contributed by atoms with van der Waals surface area (Å²) < 4.78 is 13.7. The van der Waals surface area contributed by atoms with Crippen LogP contribution < -0.4 is 11.3 Å². The van der Waals surface area contributed by atoms with Crippen molar-refractivity contribution in [2.75, 3.05) is 0 Å². The van der Waals surface area contributed by atoms with Gasteiger partial charge in [0.1, 0.15) is 5.82 Å². The third-order valence-electron chi connectivity index (χ3n) is 2.72. The van der Waals surface area contributed by atoms with Gasteiger partial charge >= 0.3 is 0 Å². The molecular formula is C13H20ClFN2. The van der Waals surface area contributed by atoms with E-state index in [0.29, 0.717) is 10.6 Å². The van der Waals surface area contributed by atoms with Gasteiger partial charge in [0.2, 0.25) is 0 Å². The fourth-order valence-electron chi connectivity index (χ4n) is 1.69. The SMILES string of the molecule is CC(C)(C)CCC(NN)c1ccc(Cl)cc1F. The van der Waals surface area contributed by atoms with E-state index in [2.05, 4.69) is 26.2 Å². The Morgan fingerprint density at radius 3 is 2.53 bits per heavy atom. The van der Waals surface area contributed by atoms with E-state index in [1.54, 1.807) is 12.1 Å². The Balaban J connectivity index is 2.79. The standard InChI is InChI=1S/C13H20ClFN2/c1-13(2,3)7-6-12(17-16)10-5-4-9(14)8-11(10)15/h4-5,8,12,17H,6-7,16H2,1-3H3. The molecule has 1 atom stereocenters. The Morgan fingerprint density at radius 2 is 2.06 bits per heavy atom. The average Bonchev–Trinajstić information content (AvgIpc) is 2.19. The van der Waals surface area contributed by atoms with E-state index in [9.17, 15) is 4.39 Å². The quantitative estimate of drug-likeness (QED) is 0.637. The molecule has 3 N–H and O–H groups in total. The zero-order chi connectivity index (χ0) is 13.1. The first-order valence-electron chi connectivity index (χ1n) is 5.74. The number of benzene rings is 1. The molecule has 4 heteroatoms. The van der Waals surface area contributed by atoms with Crippen molar-refractivity contribution in [3.05, 3.63) is 34.6 Å². The summed E-state index contributed by atoms with van der Waals surface area (Å²) in [6, 6.07) is 4.51. The van der Waals surface area contributed by atoms with Gasteiger partial charge in [0, 0.05) is 16.6 Å². The predicted molar refractivity (Wildman–Crippen MR) is 70.2 cm³/mol. The second-order valence-electron chi connectivity index (χ2n) is 5.48. The lowest BCUT2D eigenvalue weighted by molar-refractivity contribution is 0.330. The van der Waals surface area contributed by atoms with Gasteiger partial charge in [0.15, 0.2) is 0 Å². The molecule has 0 radical (unpaired) electrons. The van der Waals surface area contributed by atoms with E-state index in [1.165, 1.54) is 6.07 Å². The summed E-state index contributed by atoms with van der Waals surface area (Å²) >= 11 is 5.72. The first-order valence-corrected chi connectivity index (χ1v) is 6.12. The summed E-state index contributed by atoms with van der Waals surface area (Å²) in [6.07, 6.45) is 1.75. The summed E-state index contributed by atoms with van der Waals surface area (Å²) in [5.41, 5.74) is 3.44. The van der Waals surface area contributed by atoms with Crippen LogP contribution in [0, 0.1) is 11.2 Å². The van der Waals surface area contributed by atoms with Crippen LogP contribution >= 0.6 is 11.6 Å². The molecule has 2 nitrogen and oxygen atoms in total. The molecule has 0 saturated carbocycles. The van der Waals surface area contributed by atoms with Crippen LogP contribution in [0.25, 0.3) is 0 Å². The highest BCUT2D eigenvalue weighted by Gasteiger charge is 2.18. The highest BCUT2D eigenvalue weighted by atomic mass is 35.5. The lowest BCUT2D eigenvalue weighted by Crippen LogP contribution is -2.29. The van der Waals surface area contributed by atoms with Crippen LogP contribution in [0.2, 0.25) is 5.02 Å². The Bertz CT molecular complexity index is 374. The van der Waals surface area contributed by atoms with Crippen LogP contribution in [-0.2, 0) is 0 Å². The third-order valence-corrected chi connectivity index (χ3v) is 2.96. The molecule has 1 aromatic carbocycles. The normalized spacial score (nSPS) is 13.8. The second kappa shape index (κ2) is 5.80. The van der Waals surface area contributed by atoms with Crippen LogP contribution in [-0.4, -0.2) is 0 Å². The minimum Gasteiger partial charge on any atom is -0.271 e. The zero-order valence-corrected chi connectivity index (χ0v) is 11.3. The molecule has 96 valence electrons. The van der Waals surface area contributed by atoms with Crippen LogP contribution in [0.4, 0.5) is 4.39 Å². The summed E-state index contributed by atoms with van der Waals surface area (Å²) in [7, 11) is 0. The van der Waals surface area contributed by atoms with Gasteiger partial charge in [-0.15, -0.1) is 0 Å². The van der Waals surface area contributed by atoms with E-state index in [-0.39, 0.29) is 17.3 Å². The molecule has 0 aliphatic carbocycles. The Kier molecular flexibility index (Phi) is 4.92. The van der Waals surface area contributed by atoms with Crippen molar-refractivity contribution in [1.29, 1.82) is 0 Å². The number of nitrogens with one attached hydrogen (secondary N) is 1. The van der Waals surface area contributed by atoms with Gasteiger partial charge in [0.05, 0.1) is 0 Å². The van der Waals surface area contributed by atoms with Crippen molar-refractivity contribution < 1.29 is 4.39 Å². The molecule has 0 spiro atoms. The maximum Gasteiger partial charge on any atom is 0.129 e. The van der Waals surface area contributed by atoms with E-state index in [4.69, 9.17) is 17.4 Å². The average molecular weight is 259 g/mol. The number of hydrogen-bond donors (Lipinski definition) is 2. The first kappa shape index (κ1) is 14.4. The van der Waals surface area contributed by atoms with Gasteiger partial charge in [-0.25, -0.2) is 4.39 Å². The lowest BCUT2D eigenvalue weighted by atomic mass is 9.87. The van der Waals surface area contributed by atoms with Crippen molar-refractivity contribution in [3.8, 4) is 0 Å².